The minimum absolute atomic E-state index is 0.122. The molecule has 1 amide bonds. The van der Waals surface area contributed by atoms with E-state index in [1.807, 2.05) is 32.0 Å². The molecule has 24 heavy (non-hydrogen) atoms. The summed E-state index contributed by atoms with van der Waals surface area (Å²) in [5.74, 6) is -0.610. The predicted molar refractivity (Wildman–Crippen MR) is 91.9 cm³/mol. The fourth-order valence-electron chi connectivity index (χ4n) is 2.60. The van der Waals surface area contributed by atoms with Crippen LogP contribution in [0.5, 0.6) is 5.75 Å². The van der Waals surface area contributed by atoms with Crippen LogP contribution in [0.3, 0.4) is 0 Å². The van der Waals surface area contributed by atoms with Crippen molar-refractivity contribution >= 4 is 11.9 Å². The van der Waals surface area contributed by atoms with Crippen LogP contribution >= 0.6 is 0 Å². The zero-order valence-electron chi connectivity index (χ0n) is 14.1. The molecule has 2 aromatic carbocycles. The van der Waals surface area contributed by atoms with Gasteiger partial charge in [0.05, 0.1) is 12.7 Å². The molecular weight excluding hydrogens is 306 g/mol. The molecule has 0 aliphatic rings. The summed E-state index contributed by atoms with van der Waals surface area (Å²) in [5, 5.41) is 11.9. The van der Waals surface area contributed by atoms with Crippen molar-refractivity contribution in [3.63, 3.8) is 0 Å². The van der Waals surface area contributed by atoms with Crippen molar-refractivity contribution < 1.29 is 19.4 Å². The van der Waals surface area contributed by atoms with Gasteiger partial charge in [0.1, 0.15) is 5.75 Å². The van der Waals surface area contributed by atoms with Crippen LogP contribution in [-0.4, -0.2) is 30.6 Å². The highest BCUT2D eigenvalue weighted by Gasteiger charge is 2.10. The van der Waals surface area contributed by atoms with Gasteiger partial charge in [-0.2, -0.15) is 0 Å². The molecule has 0 bridgehead atoms. The molecule has 0 aliphatic heterocycles. The number of aromatic carboxylic acids is 1. The molecule has 0 unspecified atom stereocenters. The van der Waals surface area contributed by atoms with Crippen LogP contribution in [0.25, 0.3) is 0 Å². The van der Waals surface area contributed by atoms with E-state index in [1.54, 1.807) is 6.07 Å². The van der Waals surface area contributed by atoms with E-state index < -0.39 is 5.97 Å². The van der Waals surface area contributed by atoms with Crippen LogP contribution < -0.4 is 10.1 Å². The Balaban J connectivity index is 2.01. The highest BCUT2D eigenvalue weighted by Crippen LogP contribution is 2.20. The van der Waals surface area contributed by atoms with Crippen LogP contribution in [0.4, 0.5) is 0 Å². The number of carboxylic acid groups (broad SMARTS) is 1. The van der Waals surface area contributed by atoms with Gasteiger partial charge in [0.2, 0.25) is 0 Å². The number of hydrogen-bond donors (Lipinski definition) is 2. The van der Waals surface area contributed by atoms with Gasteiger partial charge in [-0.15, -0.1) is 0 Å². The molecule has 2 N–H and O–H groups in total. The third-order valence-electron chi connectivity index (χ3n) is 3.70. The topological polar surface area (TPSA) is 75.6 Å². The lowest BCUT2D eigenvalue weighted by Crippen LogP contribution is -2.26. The summed E-state index contributed by atoms with van der Waals surface area (Å²) in [6.07, 6.45) is 0.555. The smallest absolute Gasteiger partial charge is 0.335 e. The van der Waals surface area contributed by atoms with Gasteiger partial charge in [0.25, 0.3) is 5.91 Å². The number of ether oxygens (including phenoxy) is 1. The standard InChI is InChI=1S/C19H21NO4/c1-12-8-13(2)10-16(9-12)18(21)20-7-6-14-4-5-15(19(22)23)11-17(14)24-3/h4-5,8-11H,6-7H2,1-3H3,(H,20,21)(H,22,23). The summed E-state index contributed by atoms with van der Waals surface area (Å²) in [6, 6.07) is 10.5. The van der Waals surface area contributed by atoms with Crippen molar-refractivity contribution in [2.75, 3.05) is 13.7 Å². The van der Waals surface area contributed by atoms with E-state index in [0.717, 1.165) is 16.7 Å². The molecular formula is C19H21NO4. The van der Waals surface area contributed by atoms with Crippen molar-refractivity contribution in [3.05, 3.63) is 64.2 Å². The van der Waals surface area contributed by atoms with E-state index in [2.05, 4.69) is 5.32 Å². The molecule has 0 saturated heterocycles. The quantitative estimate of drug-likeness (QED) is 0.855. The summed E-state index contributed by atoms with van der Waals surface area (Å²) in [5.41, 5.74) is 3.76. The normalized spacial score (nSPS) is 10.3. The molecule has 0 aliphatic carbocycles. The number of carboxylic acids is 1. The molecule has 0 saturated carbocycles. The summed E-state index contributed by atoms with van der Waals surface area (Å²) >= 11 is 0. The van der Waals surface area contributed by atoms with Crippen LogP contribution in [0.15, 0.2) is 36.4 Å². The Labute approximate surface area is 141 Å². The van der Waals surface area contributed by atoms with Gasteiger partial charge in [-0.1, -0.05) is 23.3 Å². The Morgan fingerprint density at radius 2 is 1.71 bits per heavy atom. The lowest BCUT2D eigenvalue weighted by Gasteiger charge is -2.11. The van der Waals surface area contributed by atoms with E-state index in [-0.39, 0.29) is 11.5 Å². The van der Waals surface area contributed by atoms with Crippen molar-refractivity contribution in [1.29, 1.82) is 0 Å². The second-order valence-corrected chi connectivity index (χ2v) is 5.71. The summed E-state index contributed by atoms with van der Waals surface area (Å²) in [7, 11) is 1.50. The highest BCUT2D eigenvalue weighted by molar-refractivity contribution is 5.94. The first-order chi connectivity index (χ1) is 11.4. The molecule has 5 nitrogen and oxygen atoms in total. The number of benzene rings is 2. The molecule has 0 radical (unpaired) electrons. The molecule has 0 heterocycles. The molecule has 0 spiro atoms. The average molecular weight is 327 g/mol. The van der Waals surface area contributed by atoms with Crippen LogP contribution in [0, 0.1) is 13.8 Å². The molecule has 0 atom stereocenters. The minimum atomic E-state index is -0.997. The van der Waals surface area contributed by atoms with Crippen molar-refractivity contribution in [1.82, 2.24) is 5.32 Å². The van der Waals surface area contributed by atoms with E-state index >= 15 is 0 Å². The first-order valence-corrected chi connectivity index (χ1v) is 7.67. The molecule has 5 heteroatoms. The Morgan fingerprint density at radius 3 is 2.29 bits per heavy atom. The summed E-state index contributed by atoms with van der Waals surface area (Å²) in [4.78, 5) is 23.2. The first-order valence-electron chi connectivity index (χ1n) is 7.67. The molecule has 0 fully saturated rings. The van der Waals surface area contributed by atoms with Crippen molar-refractivity contribution in [3.8, 4) is 5.75 Å². The van der Waals surface area contributed by atoms with Crippen LogP contribution in [-0.2, 0) is 6.42 Å². The van der Waals surface area contributed by atoms with Gasteiger partial charge in [-0.25, -0.2) is 4.79 Å². The maximum Gasteiger partial charge on any atom is 0.335 e. The summed E-state index contributed by atoms with van der Waals surface area (Å²) < 4.78 is 5.23. The van der Waals surface area contributed by atoms with Crippen molar-refractivity contribution in [2.45, 2.75) is 20.3 Å². The maximum atomic E-state index is 12.2. The maximum absolute atomic E-state index is 12.2. The monoisotopic (exact) mass is 327 g/mol. The second kappa shape index (κ2) is 7.64. The zero-order chi connectivity index (χ0) is 17.7. The predicted octanol–water partition coefficient (Wildman–Crippen LogP) is 2.98. The summed E-state index contributed by atoms with van der Waals surface area (Å²) in [6.45, 7) is 4.35. The van der Waals surface area contributed by atoms with Crippen LogP contribution in [0.2, 0.25) is 0 Å². The van der Waals surface area contributed by atoms with Crippen molar-refractivity contribution in [2.24, 2.45) is 0 Å². The Hall–Kier alpha value is -2.82. The second-order valence-electron chi connectivity index (χ2n) is 5.71. The van der Waals surface area contributed by atoms with E-state index in [9.17, 15) is 9.59 Å². The zero-order valence-corrected chi connectivity index (χ0v) is 14.1. The first kappa shape index (κ1) is 17.5. The van der Waals surface area contributed by atoms with E-state index in [0.29, 0.717) is 24.3 Å². The molecule has 126 valence electrons. The third-order valence-corrected chi connectivity index (χ3v) is 3.70. The van der Waals surface area contributed by atoms with Gasteiger partial charge >= 0.3 is 5.97 Å². The highest BCUT2D eigenvalue weighted by atomic mass is 16.5. The molecule has 2 aromatic rings. The lowest BCUT2D eigenvalue weighted by molar-refractivity contribution is 0.0696. The Kier molecular flexibility index (Phi) is 5.58. The Bertz CT molecular complexity index is 748. The number of amides is 1. The van der Waals surface area contributed by atoms with Crippen LogP contribution in [0.1, 0.15) is 37.4 Å². The number of aryl methyl sites for hydroxylation is 2. The number of nitrogens with one attached hydrogen (secondary N) is 1. The van der Waals surface area contributed by atoms with E-state index in [4.69, 9.17) is 9.84 Å². The number of carbonyl (C=O) groups excluding carboxylic acids is 1. The average Bonchev–Trinajstić information content (AvgIpc) is 2.53. The number of carbonyl (C=O) groups is 2. The number of hydrogen-bond acceptors (Lipinski definition) is 3. The van der Waals surface area contributed by atoms with Gasteiger partial charge < -0.3 is 15.2 Å². The van der Waals surface area contributed by atoms with Gasteiger partial charge in [-0.05, 0) is 50.1 Å². The number of methoxy groups -OCH3 is 1. The van der Waals surface area contributed by atoms with E-state index in [1.165, 1.54) is 19.2 Å². The Morgan fingerprint density at radius 1 is 1.04 bits per heavy atom. The molecule has 0 aromatic heterocycles. The van der Waals surface area contributed by atoms with Gasteiger partial charge in [0, 0.05) is 12.1 Å². The minimum Gasteiger partial charge on any atom is -0.496 e. The molecule has 2 rings (SSSR count). The SMILES string of the molecule is COc1cc(C(=O)O)ccc1CCNC(=O)c1cc(C)cc(C)c1. The van der Waals surface area contributed by atoms with Gasteiger partial charge in [-0.3, -0.25) is 4.79 Å². The fraction of sp³-hybridized carbons (Fsp3) is 0.263. The third kappa shape index (κ3) is 4.35. The number of rotatable bonds is 6. The lowest BCUT2D eigenvalue weighted by atomic mass is 10.1. The van der Waals surface area contributed by atoms with Gasteiger partial charge in [0.15, 0.2) is 0 Å². The largest absolute Gasteiger partial charge is 0.496 e. The fourth-order valence-corrected chi connectivity index (χ4v) is 2.60.